The summed E-state index contributed by atoms with van der Waals surface area (Å²) in [6.45, 7) is 2.83. The van der Waals surface area contributed by atoms with Gasteiger partial charge in [-0.05, 0) is 56.2 Å². The molecule has 1 unspecified atom stereocenters. The van der Waals surface area contributed by atoms with Gasteiger partial charge in [0, 0.05) is 12.6 Å². The molecule has 1 aliphatic carbocycles. The molecule has 19 heavy (non-hydrogen) atoms. The van der Waals surface area contributed by atoms with Crippen LogP contribution < -0.4 is 11.3 Å². The van der Waals surface area contributed by atoms with Gasteiger partial charge >= 0.3 is 0 Å². The molecule has 1 aliphatic rings. The molecule has 1 saturated carbocycles. The summed E-state index contributed by atoms with van der Waals surface area (Å²) in [5, 5.41) is 0. The van der Waals surface area contributed by atoms with Crippen LogP contribution in [-0.4, -0.2) is 18.8 Å². The summed E-state index contributed by atoms with van der Waals surface area (Å²) in [7, 11) is 0. The highest BCUT2D eigenvalue weighted by Crippen LogP contribution is 2.33. The van der Waals surface area contributed by atoms with E-state index in [1.165, 1.54) is 12.1 Å². The Morgan fingerprint density at radius 3 is 2.63 bits per heavy atom. The number of hydrazine groups is 1. The third kappa shape index (κ3) is 4.27. The van der Waals surface area contributed by atoms with Gasteiger partial charge in [-0.15, -0.1) is 0 Å². The zero-order chi connectivity index (χ0) is 13.7. The van der Waals surface area contributed by atoms with E-state index in [1.54, 1.807) is 0 Å². The van der Waals surface area contributed by atoms with Crippen LogP contribution in [0.1, 0.15) is 31.7 Å². The van der Waals surface area contributed by atoms with Crippen LogP contribution in [0.15, 0.2) is 24.3 Å². The summed E-state index contributed by atoms with van der Waals surface area (Å²) in [5.74, 6) is 6.11. The second kappa shape index (κ2) is 6.98. The number of hydrogen-bond acceptors (Lipinski definition) is 3. The number of benzene rings is 1. The molecule has 0 spiro atoms. The number of halogens is 1. The van der Waals surface area contributed by atoms with Crippen molar-refractivity contribution in [3.8, 4) is 0 Å². The highest BCUT2D eigenvalue weighted by atomic mass is 19.1. The fourth-order valence-corrected chi connectivity index (χ4v) is 2.76. The monoisotopic (exact) mass is 266 g/mol. The predicted octanol–water partition coefficient (Wildman–Crippen LogP) is 2.41. The van der Waals surface area contributed by atoms with Crippen molar-refractivity contribution in [3.63, 3.8) is 0 Å². The maximum absolute atomic E-state index is 12.8. The van der Waals surface area contributed by atoms with E-state index in [-0.39, 0.29) is 11.9 Å². The van der Waals surface area contributed by atoms with Gasteiger partial charge in [0.05, 0.1) is 6.10 Å². The van der Waals surface area contributed by atoms with Crippen molar-refractivity contribution in [1.29, 1.82) is 0 Å². The van der Waals surface area contributed by atoms with Crippen molar-refractivity contribution in [2.45, 2.75) is 44.8 Å². The Labute approximate surface area is 114 Å². The van der Waals surface area contributed by atoms with E-state index < -0.39 is 0 Å². The molecule has 0 radical (unpaired) electrons. The zero-order valence-electron chi connectivity index (χ0n) is 11.4. The summed E-state index contributed by atoms with van der Waals surface area (Å²) in [5.41, 5.74) is 3.99. The highest BCUT2D eigenvalue weighted by molar-refractivity contribution is 5.17. The quantitative estimate of drug-likeness (QED) is 0.588. The van der Waals surface area contributed by atoms with E-state index in [0.717, 1.165) is 37.9 Å². The third-order valence-electron chi connectivity index (χ3n) is 3.84. The van der Waals surface area contributed by atoms with Gasteiger partial charge in [0.25, 0.3) is 0 Å². The van der Waals surface area contributed by atoms with Gasteiger partial charge < -0.3 is 4.74 Å². The van der Waals surface area contributed by atoms with Crippen molar-refractivity contribution in [2.24, 2.45) is 11.8 Å². The fourth-order valence-electron chi connectivity index (χ4n) is 2.76. The lowest BCUT2D eigenvalue weighted by Crippen LogP contribution is -2.42. The van der Waals surface area contributed by atoms with Gasteiger partial charge in [-0.2, -0.15) is 0 Å². The minimum absolute atomic E-state index is 0.195. The lowest BCUT2D eigenvalue weighted by atomic mass is 9.77. The standard InChI is InChI=1S/C15H23FN2O/c1-2-19-15-9-12(10-15)8-14(18-17)7-11-3-5-13(16)6-4-11/h3-6,12,14-15,18H,2,7-10,17H2,1H3. The molecule has 1 atom stereocenters. The maximum atomic E-state index is 12.8. The van der Waals surface area contributed by atoms with E-state index in [2.05, 4.69) is 5.43 Å². The predicted molar refractivity (Wildman–Crippen MR) is 74.0 cm³/mol. The Bertz CT molecular complexity index is 376. The molecule has 0 heterocycles. The number of rotatable bonds is 7. The van der Waals surface area contributed by atoms with Crippen molar-refractivity contribution >= 4 is 0 Å². The molecule has 3 N–H and O–H groups in total. The molecule has 0 bridgehead atoms. The SMILES string of the molecule is CCOC1CC(CC(Cc2ccc(F)cc2)NN)C1. The van der Waals surface area contributed by atoms with Gasteiger partial charge in [-0.3, -0.25) is 11.3 Å². The molecule has 2 rings (SSSR count). The first-order valence-corrected chi connectivity index (χ1v) is 7.03. The highest BCUT2D eigenvalue weighted by Gasteiger charge is 2.31. The number of nitrogens with two attached hydrogens (primary N) is 1. The smallest absolute Gasteiger partial charge is 0.123 e. The molecule has 0 aliphatic heterocycles. The molecular weight excluding hydrogens is 243 g/mol. The molecule has 1 fully saturated rings. The van der Waals surface area contributed by atoms with Crippen LogP contribution >= 0.6 is 0 Å². The van der Waals surface area contributed by atoms with Crippen LogP contribution in [0.2, 0.25) is 0 Å². The maximum Gasteiger partial charge on any atom is 0.123 e. The normalized spacial score (nSPS) is 23.9. The first-order valence-electron chi connectivity index (χ1n) is 7.03. The fraction of sp³-hybridized carbons (Fsp3) is 0.600. The minimum atomic E-state index is -0.195. The number of ether oxygens (including phenoxy) is 1. The summed E-state index contributed by atoms with van der Waals surface area (Å²) in [4.78, 5) is 0. The van der Waals surface area contributed by atoms with Gasteiger partial charge in [-0.1, -0.05) is 12.1 Å². The molecule has 4 heteroatoms. The van der Waals surface area contributed by atoms with Crippen LogP contribution in [0.3, 0.4) is 0 Å². The van der Waals surface area contributed by atoms with Crippen molar-refractivity contribution in [1.82, 2.24) is 5.43 Å². The molecule has 0 aromatic heterocycles. The van der Waals surface area contributed by atoms with Crippen molar-refractivity contribution in [2.75, 3.05) is 6.61 Å². The van der Waals surface area contributed by atoms with Crippen LogP contribution in [0.4, 0.5) is 4.39 Å². The molecule has 0 amide bonds. The summed E-state index contributed by atoms with van der Waals surface area (Å²) in [6.07, 6.45) is 4.61. The minimum Gasteiger partial charge on any atom is -0.378 e. The van der Waals surface area contributed by atoms with Crippen LogP contribution in [0.25, 0.3) is 0 Å². The molecule has 0 saturated heterocycles. The van der Waals surface area contributed by atoms with Gasteiger partial charge in [0.15, 0.2) is 0 Å². The first-order chi connectivity index (χ1) is 9.21. The lowest BCUT2D eigenvalue weighted by molar-refractivity contribution is -0.0290. The number of nitrogens with one attached hydrogen (secondary N) is 1. The lowest BCUT2D eigenvalue weighted by Gasteiger charge is -2.37. The molecular formula is C15H23FN2O. The summed E-state index contributed by atoms with van der Waals surface area (Å²) >= 11 is 0. The second-order valence-electron chi connectivity index (χ2n) is 5.34. The largest absolute Gasteiger partial charge is 0.378 e. The van der Waals surface area contributed by atoms with E-state index in [1.807, 2.05) is 19.1 Å². The topological polar surface area (TPSA) is 47.3 Å². The molecule has 1 aromatic carbocycles. The van der Waals surface area contributed by atoms with E-state index in [4.69, 9.17) is 10.6 Å². The zero-order valence-corrected chi connectivity index (χ0v) is 11.4. The summed E-state index contributed by atoms with van der Waals surface area (Å²) < 4.78 is 18.4. The average Bonchev–Trinajstić information content (AvgIpc) is 2.37. The second-order valence-corrected chi connectivity index (χ2v) is 5.34. The summed E-state index contributed by atoms with van der Waals surface area (Å²) in [6, 6.07) is 6.89. The Morgan fingerprint density at radius 1 is 1.37 bits per heavy atom. The van der Waals surface area contributed by atoms with Crippen LogP contribution in [-0.2, 0) is 11.2 Å². The Morgan fingerprint density at radius 2 is 2.05 bits per heavy atom. The molecule has 1 aromatic rings. The third-order valence-corrected chi connectivity index (χ3v) is 3.84. The molecule has 106 valence electrons. The van der Waals surface area contributed by atoms with E-state index >= 15 is 0 Å². The van der Waals surface area contributed by atoms with Gasteiger partial charge in [0.1, 0.15) is 5.82 Å². The van der Waals surface area contributed by atoms with E-state index in [9.17, 15) is 4.39 Å². The van der Waals surface area contributed by atoms with Crippen molar-refractivity contribution in [3.05, 3.63) is 35.6 Å². The average molecular weight is 266 g/mol. The molecule has 3 nitrogen and oxygen atoms in total. The van der Waals surface area contributed by atoms with E-state index in [0.29, 0.717) is 12.0 Å². The van der Waals surface area contributed by atoms with Crippen LogP contribution in [0.5, 0.6) is 0 Å². The Balaban J connectivity index is 1.76. The Kier molecular flexibility index (Phi) is 5.31. The Hall–Kier alpha value is -0.970. The first kappa shape index (κ1) is 14.4. The van der Waals surface area contributed by atoms with Gasteiger partial charge in [-0.25, -0.2) is 4.39 Å². The van der Waals surface area contributed by atoms with Gasteiger partial charge in [0.2, 0.25) is 0 Å². The van der Waals surface area contributed by atoms with Crippen molar-refractivity contribution < 1.29 is 9.13 Å². The van der Waals surface area contributed by atoms with Crippen LogP contribution in [0, 0.1) is 11.7 Å². The number of hydrogen-bond donors (Lipinski definition) is 2.